The molecule has 1 N–H and O–H groups in total. The van der Waals surface area contributed by atoms with Crippen LogP contribution in [0.3, 0.4) is 0 Å². The van der Waals surface area contributed by atoms with Gasteiger partial charge in [0.2, 0.25) is 0 Å². The molecule has 7 heteroatoms. The molecule has 1 rings (SSSR count). The summed E-state index contributed by atoms with van der Waals surface area (Å²) in [4.78, 5) is 22.9. The molecule has 0 bridgehead atoms. The molecule has 0 aromatic heterocycles. The van der Waals surface area contributed by atoms with Gasteiger partial charge in [0.05, 0.1) is 5.25 Å². The summed E-state index contributed by atoms with van der Waals surface area (Å²) in [6.45, 7) is 5.15. The third-order valence-electron chi connectivity index (χ3n) is 3.09. The van der Waals surface area contributed by atoms with Gasteiger partial charge in [0, 0.05) is 6.26 Å². The highest BCUT2D eigenvalue weighted by atomic mass is 32.2. The molecule has 1 aliphatic carbocycles. The molecule has 0 saturated heterocycles. The Morgan fingerprint density at radius 3 is 2.37 bits per heavy atom. The predicted octanol–water partition coefficient (Wildman–Crippen LogP) is 1.05. The number of rotatable bonds is 3. The molecule has 0 unspecified atom stereocenters. The lowest BCUT2D eigenvalue weighted by Crippen LogP contribution is -2.50. The van der Waals surface area contributed by atoms with Crippen LogP contribution in [0.4, 0.5) is 4.79 Å². The number of nitrogens with one attached hydrogen (secondary N) is 1. The number of carbonyl (C=O) groups excluding carboxylic acids is 2. The highest BCUT2D eigenvalue weighted by molar-refractivity contribution is 7.91. The zero-order chi connectivity index (χ0) is 14.9. The summed E-state index contributed by atoms with van der Waals surface area (Å²) in [5.74, 6) is 0. The maximum absolute atomic E-state index is 11.7. The monoisotopic (exact) mass is 291 g/mol. The van der Waals surface area contributed by atoms with Gasteiger partial charge in [-0.3, -0.25) is 0 Å². The molecule has 110 valence electrons. The molecule has 1 saturated carbocycles. The number of hydrogen-bond acceptors (Lipinski definition) is 5. The molecule has 1 fully saturated rings. The summed E-state index contributed by atoms with van der Waals surface area (Å²) >= 11 is 0. The van der Waals surface area contributed by atoms with Crippen molar-refractivity contribution in [1.29, 1.82) is 0 Å². The molecule has 0 aromatic carbocycles. The van der Waals surface area contributed by atoms with Gasteiger partial charge < -0.3 is 14.8 Å². The van der Waals surface area contributed by atoms with Crippen molar-refractivity contribution in [2.75, 3.05) is 6.26 Å². The Kier molecular flexibility index (Phi) is 4.29. The zero-order valence-electron chi connectivity index (χ0n) is 11.7. The molecule has 0 spiro atoms. The average Bonchev–Trinajstić information content (AvgIpc) is 2.59. The Labute approximate surface area is 113 Å². The van der Waals surface area contributed by atoms with Crippen LogP contribution in [0.25, 0.3) is 0 Å². The van der Waals surface area contributed by atoms with E-state index in [1.54, 1.807) is 20.8 Å². The van der Waals surface area contributed by atoms with Crippen LogP contribution in [-0.4, -0.2) is 43.4 Å². The lowest BCUT2D eigenvalue weighted by atomic mass is 10.0. The second-order valence-corrected chi connectivity index (χ2v) is 8.42. The second kappa shape index (κ2) is 5.11. The van der Waals surface area contributed by atoms with Crippen LogP contribution < -0.4 is 5.32 Å². The lowest BCUT2D eigenvalue weighted by Gasteiger charge is -2.27. The van der Waals surface area contributed by atoms with E-state index in [0.717, 1.165) is 6.26 Å². The van der Waals surface area contributed by atoms with Gasteiger partial charge in [-0.2, -0.15) is 0 Å². The van der Waals surface area contributed by atoms with Crippen molar-refractivity contribution in [2.24, 2.45) is 0 Å². The minimum absolute atomic E-state index is 0.106. The van der Waals surface area contributed by atoms with Gasteiger partial charge in [0.25, 0.3) is 0 Å². The van der Waals surface area contributed by atoms with Gasteiger partial charge in [0.15, 0.2) is 0 Å². The zero-order valence-corrected chi connectivity index (χ0v) is 12.5. The van der Waals surface area contributed by atoms with Crippen LogP contribution >= 0.6 is 0 Å². The Morgan fingerprint density at radius 2 is 2.00 bits per heavy atom. The number of hydrogen-bond donors (Lipinski definition) is 1. The Balaban J connectivity index is 2.75. The van der Waals surface area contributed by atoms with E-state index in [2.05, 4.69) is 5.32 Å². The van der Waals surface area contributed by atoms with E-state index in [9.17, 15) is 18.0 Å². The normalized spacial score (nSPS) is 27.9. The fourth-order valence-electron chi connectivity index (χ4n) is 2.15. The Morgan fingerprint density at radius 1 is 1.42 bits per heavy atom. The fraction of sp³-hybridized carbons (Fsp3) is 0.833. The van der Waals surface area contributed by atoms with Gasteiger partial charge in [-0.25, -0.2) is 13.2 Å². The Bertz CT molecular complexity index is 465. The molecule has 0 radical (unpaired) electrons. The summed E-state index contributed by atoms with van der Waals surface area (Å²) in [5, 5.41) is 1.92. The summed E-state index contributed by atoms with van der Waals surface area (Å²) in [6, 6.07) is 0. The summed E-state index contributed by atoms with van der Waals surface area (Å²) in [6.07, 6.45) is 1.84. The number of amides is 1. The first-order valence-corrected chi connectivity index (χ1v) is 8.09. The van der Waals surface area contributed by atoms with E-state index in [4.69, 9.17) is 4.74 Å². The summed E-state index contributed by atoms with van der Waals surface area (Å²) < 4.78 is 28.1. The number of carbonyl (C=O) groups is 2. The van der Waals surface area contributed by atoms with Crippen LogP contribution in [0.5, 0.6) is 0 Å². The van der Waals surface area contributed by atoms with Crippen LogP contribution in [0.1, 0.15) is 40.0 Å². The van der Waals surface area contributed by atoms with Gasteiger partial charge in [0.1, 0.15) is 27.3 Å². The van der Waals surface area contributed by atoms with Crippen molar-refractivity contribution in [2.45, 2.75) is 56.4 Å². The van der Waals surface area contributed by atoms with Crippen LogP contribution in [0.2, 0.25) is 0 Å². The third-order valence-corrected chi connectivity index (χ3v) is 4.70. The third kappa shape index (κ3) is 4.49. The molecule has 2 atom stereocenters. The molecular formula is C12H21NO5S. The van der Waals surface area contributed by atoms with Crippen LogP contribution in [0, 0.1) is 0 Å². The predicted molar refractivity (Wildman–Crippen MR) is 70.6 cm³/mol. The van der Waals surface area contributed by atoms with Crippen molar-refractivity contribution < 1.29 is 22.7 Å². The van der Waals surface area contributed by atoms with Crippen molar-refractivity contribution >= 4 is 22.2 Å². The quantitative estimate of drug-likeness (QED) is 0.785. The molecule has 0 heterocycles. The first-order valence-electron chi connectivity index (χ1n) is 6.14. The van der Waals surface area contributed by atoms with E-state index < -0.39 is 32.3 Å². The highest BCUT2D eigenvalue weighted by Crippen LogP contribution is 2.32. The molecular weight excluding hydrogens is 270 g/mol. The maximum Gasteiger partial charge on any atom is 0.408 e. The van der Waals surface area contributed by atoms with E-state index in [1.165, 1.54) is 0 Å². The average molecular weight is 291 g/mol. The van der Waals surface area contributed by atoms with E-state index >= 15 is 0 Å². The second-order valence-electron chi connectivity index (χ2n) is 6.10. The minimum atomic E-state index is -3.21. The Hall–Kier alpha value is -1.11. The number of aldehydes is 1. The SMILES string of the molecule is CC(C)(C)OC(=O)N[C@@]1(C=O)CC[C@@H](S(C)(=O)=O)C1. The van der Waals surface area contributed by atoms with Crippen LogP contribution in [0.15, 0.2) is 0 Å². The first-order chi connectivity index (χ1) is 8.47. The molecule has 1 amide bonds. The fourth-order valence-corrected chi connectivity index (χ4v) is 3.30. The van der Waals surface area contributed by atoms with Crippen molar-refractivity contribution in [3.8, 4) is 0 Å². The van der Waals surface area contributed by atoms with Gasteiger partial charge in [-0.05, 0) is 40.0 Å². The number of ether oxygens (including phenoxy) is 1. The molecule has 6 nitrogen and oxygen atoms in total. The largest absolute Gasteiger partial charge is 0.444 e. The van der Waals surface area contributed by atoms with Gasteiger partial charge in [-0.15, -0.1) is 0 Å². The standard InChI is InChI=1S/C12H21NO5S/c1-11(2,3)18-10(15)13-12(8-14)6-5-9(7-12)19(4,16)17/h8-9H,5-7H2,1-4H3,(H,13,15)/t9-,12+/m1/s1. The molecule has 0 aliphatic heterocycles. The molecule has 19 heavy (non-hydrogen) atoms. The van der Waals surface area contributed by atoms with E-state index in [-0.39, 0.29) is 6.42 Å². The minimum Gasteiger partial charge on any atom is -0.444 e. The van der Waals surface area contributed by atoms with Gasteiger partial charge >= 0.3 is 6.09 Å². The topological polar surface area (TPSA) is 89.5 Å². The summed E-state index contributed by atoms with van der Waals surface area (Å²) in [7, 11) is -3.21. The van der Waals surface area contributed by atoms with Gasteiger partial charge in [-0.1, -0.05) is 0 Å². The summed E-state index contributed by atoms with van der Waals surface area (Å²) in [5.41, 5.74) is -1.79. The van der Waals surface area contributed by atoms with Crippen molar-refractivity contribution in [3.05, 3.63) is 0 Å². The molecule has 0 aromatic rings. The van der Waals surface area contributed by atoms with Crippen LogP contribution in [-0.2, 0) is 19.4 Å². The maximum atomic E-state index is 11.7. The van der Waals surface area contributed by atoms with E-state index in [0.29, 0.717) is 19.1 Å². The number of sulfone groups is 1. The highest BCUT2D eigenvalue weighted by Gasteiger charge is 2.44. The molecule has 1 aliphatic rings. The van der Waals surface area contributed by atoms with E-state index in [1.807, 2.05) is 0 Å². The number of alkyl carbamates (subject to hydrolysis) is 1. The van der Waals surface area contributed by atoms with Crippen molar-refractivity contribution in [3.63, 3.8) is 0 Å². The van der Waals surface area contributed by atoms with Crippen molar-refractivity contribution in [1.82, 2.24) is 5.32 Å². The first kappa shape index (κ1) is 15.9. The lowest BCUT2D eigenvalue weighted by molar-refractivity contribution is -0.113. The smallest absolute Gasteiger partial charge is 0.408 e.